The van der Waals surface area contributed by atoms with Gasteiger partial charge in [0.2, 0.25) is 10.0 Å². The smallest absolute Gasteiger partial charge is 0.253 e. The lowest BCUT2D eigenvalue weighted by Crippen LogP contribution is -2.39. The molecule has 22 heavy (non-hydrogen) atoms. The van der Waals surface area contributed by atoms with Crippen molar-refractivity contribution in [2.75, 3.05) is 25.4 Å². The minimum atomic E-state index is -3.10. The van der Waals surface area contributed by atoms with Crippen molar-refractivity contribution < 1.29 is 13.2 Å². The molecule has 0 radical (unpaired) electrons. The van der Waals surface area contributed by atoms with Gasteiger partial charge in [0.1, 0.15) is 0 Å². The summed E-state index contributed by atoms with van der Waals surface area (Å²) in [5.74, 6) is 0.696. The Morgan fingerprint density at radius 3 is 2.45 bits per heavy atom. The Balaban J connectivity index is 1.75. The molecule has 1 heterocycles. The van der Waals surface area contributed by atoms with E-state index in [0.717, 1.165) is 37.9 Å². The summed E-state index contributed by atoms with van der Waals surface area (Å²) in [4.78, 5) is 14.2. The number of rotatable bonds is 6. The van der Waals surface area contributed by atoms with Crippen LogP contribution in [0.25, 0.3) is 0 Å². The molecule has 1 aromatic rings. The summed E-state index contributed by atoms with van der Waals surface area (Å²) in [5, 5.41) is 0. The van der Waals surface area contributed by atoms with E-state index < -0.39 is 10.0 Å². The molecule has 2 rings (SSSR count). The lowest BCUT2D eigenvalue weighted by molar-refractivity contribution is 0.0687. The Bertz CT molecular complexity index is 579. The number of sulfonamides is 1. The van der Waals surface area contributed by atoms with Crippen molar-refractivity contribution >= 4 is 15.9 Å². The van der Waals surface area contributed by atoms with Crippen molar-refractivity contribution in [1.29, 1.82) is 0 Å². The van der Waals surface area contributed by atoms with Crippen molar-refractivity contribution in [3.63, 3.8) is 0 Å². The van der Waals surface area contributed by atoms with Crippen molar-refractivity contribution in [3.05, 3.63) is 35.9 Å². The molecule has 1 aromatic carbocycles. The van der Waals surface area contributed by atoms with Crippen LogP contribution in [0.4, 0.5) is 0 Å². The number of nitrogens with one attached hydrogen (secondary N) is 1. The number of hydrogen-bond acceptors (Lipinski definition) is 3. The highest BCUT2D eigenvalue weighted by Gasteiger charge is 2.23. The van der Waals surface area contributed by atoms with Crippen LogP contribution in [0.5, 0.6) is 0 Å². The summed E-state index contributed by atoms with van der Waals surface area (Å²) < 4.78 is 25.4. The Morgan fingerprint density at radius 2 is 1.86 bits per heavy atom. The van der Waals surface area contributed by atoms with Gasteiger partial charge in [-0.15, -0.1) is 0 Å². The van der Waals surface area contributed by atoms with Gasteiger partial charge in [0.25, 0.3) is 5.91 Å². The average Bonchev–Trinajstić information content (AvgIpc) is 2.55. The van der Waals surface area contributed by atoms with Crippen LogP contribution in [0.3, 0.4) is 0 Å². The molecular formula is C16H24N2O3S. The van der Waals surface area contributed by atoms with E-state index in [4.69, 9.17) is 0 Å². The van der Waals surface area contributed by atoms with Gasteiger partial charge in [-0.1, -0.05) is 18.2 Å². The topological polar surface area (TPSA) is 66.5 Å². The summed E-state index contributed by atoms with van der Waals surface area (Å²) in [6.07, 6.45) is 2.71. The fraction of sp³-hybridized carbons (Fsp3) is 0.562. The first-order valence-corrected chi connectivity index (χ1v) is 9.48. The summed E-state index contributed by atoms with van der Waals surface area (Å²) in [5.41, 5.74) is 0.733. The zero-order valence-corrected chi connectivity index (χ0v) is 13.8. The van der Waals surface area contributed by atoms with E-state index in [2.05, 4.69) is 4.72 Å². The van der Waals surface area contributed by atoms with E-state index in [9.17, 15) is 13.2 Å². The first kappa shape index (κ1) is 17.0. The zero-order chi connectivity index (χ0) is 16.0. The summed E-state index contributed by atoms with van der Waals surface area (Å²) in [6, 6.07) is 9.34. The van der Waals surface area contributed by atoms with E-state index in [1.807, 2.05) is 35.2 Å². The van der Waals surface area contributed by atoms with Gasteiger partial charge in [0.05, 0.1) is 5.75 Å². The fourth-order valence-corrected chi connectivity index (χ4v) is 3.34. The third-order valence-electron chi connectivity index (χ3n) is 4.18. The largest absolute Gasteiger partial charge is 0.339 e. The molecule has 122 valence electrons. The first-order valence-electron chi connectivity index (χ1n) is 7.83. The molecule has 1 N–H and O–H groups in total. The van der Waals surface area contributed by atoms with Gasteiger partial charge in [-0.2, -0.15) is 0 Å². The van der Waals surface area contributed by atoms with E-state index in [1.54, 1.807) is 6.92 Å². The Labute approximate surface area is 132 Å². The normalized spacial score (nSPS) is 16.7. The summed E-state index contributed by atoms with van der Waals surface area (Å²) in [7, 11) is -3.10. The standard InChI is InChI=1S/C16H24N2O3S/c1-2-22(20,21)17-11-8-14-9-12-18(13-10-14)16(19)15-6-4-3-5-7-15/h3-7,14,17H,2,8-13H2,1H3. The van der Waals surface area contributed by atoms with Crippen LogP contribution in [0.15, 0.2) is 30.3 Å². The van der Waals surface area contributed by atoms with E-state index in [0.29, 0.717) is 12.5 Å². The third-order valence-corrected chi connectivity index (χ3v) is 5.58. The number of carbonyl (C=O) groups is 1. The molecule has 1 saturated heterocycles. The molecule has 0 bridgehead atoms. The number of hydrogen-bond donors (Lipinski definition) is 1. The molecular weight excluding hydrogens is 300 g/mol. The molecule has 0 unspecified atom stereocenters. The minimum absolute atomic E-state index is 0.0886. The molecule has 6 heteroatoms. The second-order valence-corrected chi connectivity index (χ2v) is 7.78. The van der Waals surface area contributed by atoms with Crippen LogP contribution in [-0.2, 0) is 10.0 Å². The Morgan fingerprint density at radius 1 is 1.23 bits per heavy atom. The van der Waals surface area contributed by atoms with Gasteiger partial charge >= 0.3 is 0 Å². The van der Waals surface area contributed by atoms with Crippen molar-refractivity contribution in [3.8, 4) is 0 Å². The maximum Gasteiger partial charge on any atom is 0.253 e. The Kier molecular flexibility index (Phi) is 5.97. The zero-order valence-electron chi connectivity index (χ0n) is 13.0. The number of carbonyl (C=O) groups excluding carboxylic acids is 1. The van der Waals surface area contributed by atoms with Gasteiger partial charge in [-0.05, 0) is 44.2 Å². The lowest BCUT2D eigenvalue weighted by Gasteiger charge is -2.32. The van der Waals surface area contributed by atoms with Crippen LogP contribution in [0.1, 0.15) is 36.5 Å². The number of amides is 1. The predicted molar refractivity (Wildman–Crippen MR) is 87.2 cm³/mol. The van der Waals surface area contributed by atoms with Crippen LogP contribution < -0.4 is 4.72 Å². The van der Waals surface area contributed by atoms with Crippen molar-refractivity contribution in [2.24, 2.45) is 5.92 Å². The molecule has 1 fully saturated rings. The molecule has 1 aliphatic heterocycles. The van der Waals surface area contributed by atoms with Gasteiger partial charge in [-0.3, -0.25) is 4.79 Å². The number of piperidine rings is 1. The second-order valence-electron chi connectivity index (χ2n) is 5.69. The van der Waals surface area contributed by atoms with Gasteiger partial charge in [0.15, 0.2) is 0 Å². The average molecular weight is 324 g/mol. The van der Waals surface area contributed by atoms with Gasteiger partial charge < -0.3 is 4.90 Å². The highest BCUT2D eigenvalue weighted by Crippen LogP contribution is 2.21. The first-order chi connectivity index (χ1) is 10.5. The number of nitrogens with zero attached hydrogens (tertiary/aromatic N) is 1. The summed E-state index contributed by atoms with van der Waals surface area (Å²) >= 11 is 0. The molecule has 0 atom stereocenters. The molecule has 0 aliphatic carbocycles. The van der Waals surface area contributed by atoms with Crippen LogP contribution >= 0.6 is 0 Å². The van der Waals surface area contributed by atoms with E-state index in [1.165, 1.54) is 0 Å². The van der Waals surface area contributed by atoms with Crippen LogP contribution in [0, 0.1) is 5.92 Å². The van der Waals surface area contributed by atoms with Gasteiger partial charge in [0, 0.05) is 25.2 Å². The molecule has 1 amide bonds. The van der Waals surface area contributed by atoms with E-state index >= 15 is 0 Å². The highest BCUT2D eigenvalue weighted by molar-refractivity contribution is 7.89. The maximum absolute atomic E-state index is 12.3. The summed E-state index contributed by atoms with van der Waals surface area (Å²) in [6.45, 7) is 3.63. The van der Waals surface area contributed by atoms with Crippen LogP contribution in [0.2, 0.25) is 0 Å². The predicted octanol–water partition coefficient (Wildman–Crippen LogP) is 1.87. The highest BCUT2D eigenvalue weighted by atomic mass is 32.2. The monoisotopic (exact) mass is 324 g/mol. The molecule has 0 aromatic heterocycles. The van der Waals surface area contributed by atoms with Crippen molar-refractivity contribution in [2.45, 2.75) is 26.2 Å². The Hall–Kier alpha value is -1.40. The lowest BCUT2D eigenvalue weighted by atomic mass is 9.93. The second kappa shape index (κ2) is 7.74. The molecule has 0 spiro atoms. The molecule has 0 saturated carbocycles. The number of benzene rings is 1. The van der Waals surface area contributed by atoms with E-state index in [-0.39, 0.29) is 11.7 Å². The van der Waals surface area contributed by atoms with Crippen LogP contribution in [-0.4, -0.2) is 44.6 Å². The maximum atomic E-state index is 12.3. The third kappa shape index (κ3) is 4.81. The molecule has 5 nitrogen and oxygen atoms in total. The quantitative estimate of drug-likeness (QED) is 0.868. The van der Waals surface area contributed by atoms with Gasteiger partial charge in [-0.25, -0.2) is 13.1 Å². The van der Waals surface area contributed by atoms with Crippen molar-refractivity contribution in [1.82, 2.24) is 9.62 Å². The fourth-order valence-electron chi connectivity index (χ4n) is 2.71. The molecule has 1 aliphatic rings. The number of likely N-dealkylation sites (tertiary alicyclic amines) is 1. The SMILES string of the molecule is CCS(=O)(=O)NCCC1CCN(C(=O)c2ccccc2)CC1. The minimum Gasteiger partial charge on any atom is -0.339 e.